The summed E-state index contributed by atoms with van der Waals surface area (Å²) in [5.41, 5.74) is 0.0963. The molecule has 1 aromatic rings. The van der Waals surface area contributed by atoms with E-state index in [0.29, 0.717) is 6.54 Å². The number of imide groups is 1. The van der Waals surface area contributed by atoms with Crippen LogP contribution in [0.2, 0.25) is 20.1 Å². The van der Waals surface area contributed by atoms with Gasteiger partial charge in [-0.05, 0) is 5.92 Å². The van der Waals surface area contributed by atoms with Crippen molar-refractivity contribution in [3.8, 4) is 0 Å². The number of carbonyl (C=O) groups excluding carboxylic acids is 2. The van der Waals surface area contributed by atoms with Gasteiger partial charge in [0.15, 0.2) is 0 Å². The van der Waals surface area contributed by atoms with Gasteiger partial charge in [-0.15, -0.1) is 0 Å². The highest BCUT2D eigenvalue weighted by Crippen LogP contribution is 2.44. The van der Waals surface area contributed by atoms with Crippen LogP contribution in [0.4, 0.5) is 0 Å². The lowest BCUT2D eigenvalue weighted by Crippen LogP contribution is -2.34. The Bertz CT molecular complexity index is 579. The third kappa shape index (κ3) is 2.65. The molecule has 0 fully saturated rings. The summed E-state index contributed by atoms with van der Waals surface area (Å²) in [6.45, 7) is 4.36. The topological polar surface area (TPSA) is 37.4 Å². The fourth-order valence-electron chi connectivity index (χ4n) is 2.37. The highest BCUT2D eigenvalue weighted by Gasteiger charge is 2.41. The smallest absolute Gasteiger partial charge is 0.263 e. The van der Waals surface area contributed by atoms with E-state index in [1.807, 2.05) is 13.8 Å². The molecular weight excluding hydrogens is 356 g/mol. The van der Waals surface area contributed by atoms with Crippen molar-refractivity contribution in [3.63, 3.8) is 0 Å². The Morgan fingerprint density at radius 2 is 1.19 bits per heavy atom. The summed E-state index contributed by atoms with van der Waals surface area (Å²) in [7, 11) is 0. The van der Waals surface area contributed by atoms with Gasteiger partial charge < -0.3 is 0 Å². The maximum Gasteiger partial charge on any atom is 0.263 e. The van der Waals surface area contributed by atoms with Crippen molar-refractivity contribution in [2.45, 2.75) is 26.7 Å². The number of carbonyl (C=O) groups is 2. The molecule has 2 amide bonds. The average molecular weight is 369 g/mol. The summed E-state index contributed by atoms with van der Waals surface area (Å²) < 4.78 is 0. The Hall–Kier alpha value is -0.480. The molecule has 0 aromatic heterocycles. The summed E-state index contributed by atoms with van der Waals surface area (Å²) >= 11 is 24.1. The number of nitrogens with zero attached hydrogens (tertiary/aromatic N) is 1. The Morgan fingerprint density at radius 1 is 0.810 bits per heavy atom. The highest BCUT2D eigenvalue weighted by atomic mass is 35.5. The van der Waals surface area contributed by atoms with Crippen LogP contribution < -0.4 is 0 Å². The Balaban J connectivity index is 2.52. The van der Waals surface area contributed by atoms with Crippen LogP contribution in [0.1, 0.15) is 47.4 Å². The summed E-state index contributed by atoms with van der Waals surface area (Å²) in [5, 5.41) is -0.0573. The summed E-state index contributed by atoms with van der Waals surface area (Å²) in [6.07, 6.45) is 1.74. The van der Waals surface area contributed by atoms with Crippen LogP contribution in [-0.2, 0) is 0 Å². The third-order valence-corrected chi connectivity index (χ3v) is 5.58. The van der Waals surface area contributed by atoms with Gasteiger partial charge in [-0.1, -0.05) is 73.1 Å². The van der Waals surface area contributed by atoms with Crippen molar-refractivity contribution >= 4 is 58.2 Å². The SMILES string of the molecule is CCC(CC)CN1C(=O)c2c(Cl)c(Cl)c(Cl)c(Cl)c2C1=O. The number of hydrogen-bond acceptors (Lipinski definition) is 2. The van der Waals surface area contributed by atoms with Crippen molar-refractivity contribution in [1.82, 2.24) is 4.90 Å². The van der Waals surface area contributed by atoms with E-state index in [1.165, 1.54) is 4.90 Å². The molecule has 0 bridgehead atoms. The molecule has 0 N–H and O–H groups in total. The van der Waals surface area contributed by atoms with E-state index in [4.69, 9.17) is 46.4 Å². The number of rotatable bonds is 4. The minimum absolute atomic E-state index is 0.00684. The van der Waals surface area contributed by atoms with Gasteiger partial charge in [-0.2, -0.15) is 0 Å². The van der Waals surface area contributed by atoms with E-state index < -0.39 is 11.8 Å². The molecule has 2 rings (SSSR count). The highest BCUT2D eigenvalue weighted by molar-refractivity contribution is 6.55. The van der Waals surface area contributed by atoms with Crippen LogP contribution in [0.5, 0.6) is 0 Å². The molecular formula is C14H13Cl4NO2. The summed E-state index contributed by atoms with van der Waals surface area (Å²) in [6, 6.07) is 0. The predicted molar refractivity (Wildman–Crippen MR) is 85.9 cm³/mol. The van der Waals surface area contributed by atoms with Gasteiger partial charge in [0.1, 0.15) is 0 Å². The molecule has 1 aliphatic rings. The van der Waals surface area contributed by atoms with Gasteiger partial charge in [-0.3, -0.25) is 14.5 Å². The van der Waals surface area contributed by atoms with E-state index in [-0.39, 0.29) is 37.1 Å². The number of benzene rings is 1. The number of halogens is 4. The lowest BCUT2D eigenvalue weighted by atomic mass is 10.0. The molecule has 21 heavy (non-hydrogen) atoms. The fourth-order valence-corrected chi connectivity index (χ4v) is 3.38. The molecule has 0 saturated heterocycles. The van der Waals surface area contributed by atoms with Gasteiger partial charge in [0.05, 0.1) is 31.2 Å². The molecule has 1 aromatic carbocycles. The Morgan fingerprint density at radius 3 is 1.52 bits per heavy atom. The Labute approximate surface area is 143 Å². The first-order chi connectivity index (χ1) is 9.84. The van der Waals surface area contributed by atoms with E-state index in [1.54, 1.807) is 0 Å². The third-order valence-electron chi connectivity index (χ3n) is 3.78. The number of amides is 2. The standard InChI is InChI=1S/C14H13Cl4NO2/c1-3-6(4-2)5-19-13(20)7-8(14(19)21)10(16)12(18)11(17)9(7)15/h6H,3-5H2,1-2H3. The zero-order valence-electron chi connectivity index (χ0n) is 11.5. The molecule has 0 unspecified atom stereocenters. The van der Waals surface area contributed by atoms with E-state index in [0.717, 1.165) is 12.8 Å². The van der Waals surface area contributed by atoms with Crippen molar-refractivity contribution in [3.05, 3.63) is 31.2 Å². The molecule has 0 spiro atoms. The molecule has 1 heterocycles. The van der Waals surface area contributed by atoms with E-state index in [9.17, 15) is 9.59 Å². The molecule has 114 valence electrons. The summed E-state index contributed by atoms with van der Waals surface area (Å²) in [5.74, 6) is -0.699. The van der Waals surface area contributed by atoms with Crippen LogP contribution in [0.25, 0.3) is 0 Å². The molecule has 7 heteroatoms. The quantitative estimate of drug-likeness (QED) is 0.409. The lowest BCUT2D eigenvalue weighted by Gasteiger charge is -2.20. The van der Waals surface area contributed by atoms with Crippen LogP contribution in [0.15, 0.2) is 0 Å². The molecule has 0 aliphatic carbocycles. The average Bonchev–Trinajstić information content (AvgIpc) is 2.72. The van der Waals surface area contributed by atoms with Crippen LogP contribution in [0, 0.1) is 5.92 Å². The fraction of sp³-hybridized carbons (Fsp3) is 0.429. The lowest BCUT2D eigenvalue weighted by molar-refractivity contribution is 0.0626. The minimum atomic E-state index is -0.465. The second-order valence-corrected chi connectivity index (χ2v) is 6.42. The van der Waals surface area contributed by atoms with Gasteiger partial charge >= 0.3 is 0 Å². The summed E-state index contributed by atoms with van der Waals surface area (Å²) in [4.78, 5) is 26.1. The minimum Gasteiger partial charge on any atom is -0.274 e. The van der Waals surface area contributed by atoms with Crippen molar-refractivity contribution in [1.29, 1.82) is 0 Å². The van der Waals surface area contributed by atoms with Gasteiger partial charge in [-0.25, -0.2) is 0 Å². The Kier molecular flexibility index (Phi) is 5.09. The second-order valence-electron chi connectivity index (χ2n) is 4.91. The second kappa shape index (κ2) is 6.33. The predicted octanol–water partition coefficient (Wildman–Crippen LogP) is 5.33. The zero-order valence-corrected chi connectivity index (χ0v) is 14.5. The van der Waals surface area contributed by atoms with Crippen molar-refractivity contribution in [2.24, 2.45) is 5.92 Å². The molecule has 0 saturated carbocycles. The van der Waals surface area contributed by atoms with Gasteiger partial charge in [0.2, 0.25) is 0 Å². The van der Waals surface area contributed by atoms with Crippen molar-refractivity contribution in [2.75, 3.05) is 6.54 Å². The van der Waals surface area contributed by atoms with Crippen LogP contribution in [-0.4, -0.2) is 23.3 Å². The largest absolute Gasteiger partial charge is 0.274 e. The normalized spacial score (nSPS) is 14.3. The molecule has 0 atom stereocenters. The van der Waals surface area contributed by atoms with E-state index in [2.05, 4.69) is 0 Å². The van der Waals surface area contributed by atoms with Crippen LogP contribution in [0.3, 0.4) is 0 Å². The van der Waals surface area contributed by atoms with Gasteiger partial charge in [0.25, 0.3) is 11.8 Å². The number of fused-ring (bicyclic) bond motifs is 1. The molecule has 0 radical (unpaired) electrons. The zero-order chi connectivity index (χ0) is 15.9. The monoisotopic (exact) mass is 367 g/mol. The van der Waals surface area contributed by atoms with Crippen LogP contribution >= 0.6 is 46.4 Å². The molecule has 1 aliphatic heterocycles. The molecule has 3 nitrogen and oxygen atoms in total. The first-order valence-electron chi connectivity index (χ1n) is 6.57. The first kappa shape index (κ1) is 16.9. The maximum atomic E-state index is 12.5. The van der Waals surface area contributed by atoms with E-state index >= 15 is 0 Å². The first-order valence-corrected chi connectivity index (χ1v) is 8.08. The number of hydrogen-bond donors (Lipinski definition) is 0. The van der Waals surface area contributed by atoms with Gasteiger partial charge in [0, 0.05) is 6.54 Å². The maximum absolute atomic E-state index is 12.5. The van der Waals surface area contributed by atoms with Crippen molar-refractivity contribution < 1.29 is 9.59 Å².